The average Bonchev–Trinajstić information content (AvgIpc) is 2.39. The fourth-order valence-electron chi connectivity index (χ4n) is 1.70. The maximum Gasteiger partial charge on any atom is 0.159 e. The van der Waals surface area contributed by atoms with E-state index >= 15 is 0 Å². The highest BCUT2D eigenvalue weighted by Crippen LogP contribution is 2.20. The van der Waals surface area contributed by atoms with Crippen molar-refractivity contribution < 1.29 is 13.9 Å². The highest BCUT2D eigenvalue weighted by Gasteiger charge is 2.26. The van der Waals surface area contributed by atoms with Crippen LogP contribution in [0.25, 0.3) is 0 Å². The Morgan fingerprint density at radius 3 is 2.28 bits per heavy atom. The van der Waals surface area contributed by atoms with E-state index in [-0.39, 0.29) is 17.6 Å². The quantitative estimate of drug-likeness (QED) is 0.732. The van der Waals surface area contributed by atoms with E-state index in [0.29, 0.717) is 13.0 Å². The molecule has 0 radical (unpaired) electrons. The molecule has 0 bridgehead atoms. The Labute approximate surface area is 107 Å². The van der Waals surface area contributed by atoms with Gasteiger partial charge in [-0.05, 0) is 31.2 Å². The van der Waals surface area contributed by atoms with Crippen LogP contribution in [0.4, 0.5) is 10.1 Å². The minimum Gasteiger partial charge on any atom is -0.378 e. The van der Waals surface area contributed by atoms with Gasteiger partial charge in [0, 0.05) is 32.9 Å². The summed E-state index contributed by atoms with van der Waals surface area (Å²) in [5, 5.41) is 3.28. The van der Waals surface area contributed by atoms with Crippen molar-refractivity contribution in [2.24, 2.45) is 5.73 Å². The first-order valence-electron chi connectivity index (χ1n) is 5.82. The van der Waals surface area contributed by atoms with Gasteiger partial charge in [-0.2, -0.15) is 0 Å². The van der Waals surface area contributed by atoms with Crippen molar-refractivity contribution in [1.82, 2.24) is 0 Å². The molecular formula is C13H21FN2O2. The SMILES string of the molecule is COC(CC(C)(CN)Nc1ccc(F)cc1)OC. The molecule has 3 N–H and O–H groups in total. The molecular weight excluding hydrogens is 235 g/mol. The van der Waals surface area contributed by atoms with Crippen LogP contribution < -0.4 is 11.1 Å². The van der Waals surface area contributed by atoms with Crippen molar-refractivity contribution in [3.63, 3.8) is 0 Å². The lowest BCUT2D eigenvalue weighted by Crippen LogP contribution is -2.45. The van der Waals surface area contributed by atoms with E-state index in [9.17, 15) is 4.39 Å². The first-order chi connectivity index (χ1) is 8.53. The second kappa shape index (κ2) is 6.68. The summed E-state index contributed by atoms with van der Waals surface area (Å²) in [7, 11) is 3.17. The molecule has 1 aromatic rings. The summed E-state index contributed by atoms with van der Waals surface area (Å²) in [6.45, 7) is 2.38. The molecule has 0 heterocycles. The second-order valence-corrected chi connectivity index (χ2v) is 4.50. The second-order valence-electron chi connectivity index (χ2n) is 4.50. The van der Waals surface area contributed by atoms with Gasteiger partial charge in [-0.15, -0.1) is 0 Å². The number of ether oxygens (including phenoxy) is 2. The van der Waals surface area contributed by atoms with Crippen LogP contribution in [0.2, 0.25) is 0 Å². The number of nitrogens with two attached hydrogens (primary N) is 1. The summed E-state index contributed by atoms with van der Waals surface area (Å²) < 4.78 is 23.2. The molecule has 4 nitrogen and oxygen atoms in total. The van der Waals surface area contributed by atoms with Gasteiger partial charge in [0.1, 0.15) is 5.82 Å². The molecule has 1 unspecified atom stereocenters. The topological polar surface area (TPSA) is 56.5 Å². The number of hydrogen-bond acceptors (Lipinski definition) is 4. The average molecular weight is 256 g/mol. The predicted octanol–water partition coefficient (Wildman–Crippen LogP) is 1.96. The third-order valence-corrected chi connectivity index (χ3v) is 2.88. The number of methoxy groups -OCH3 is 2. The third kappa shape index (κ3) is 4.25. The Bertz CT molecular complexity index is 355. The molecule has 18 heavy (non-hydrogen) atoms. The van der Waals surface area contributed by atoms with Crippen LogP contribution in [0, 0.1) is 5.82 Å². The Morgan fingerprint density at radius 1 is 1.28 bits per heavy atom. The maximum atomic E-state index is 12.8. The molecule has 0 aliphatic carbocycles. The molecule has 0 saturated carbocycles. The lowest BCUT2D eigenvalue weighted by Gasteiger charge is -2.33. The van der Waals surface area contributed by atoms with E-state index < -0.39 is 0 Å². The van der Waals surface area contributed by atoms with E-state index in [2.05, 4.69) is 5.32 Å². The summed E-state index contributed by atoms with van der Waals surface area (Å²) in [6.07, 6.45) is 0.264. The first-order valence-corrected chi connectivity index (χ1v) is 5.82. The van der Waals surface area contributed by atoms with E-state index in [4.69, 9.17) is 15.2 Å². The lowest BCUT2D eigenvalue weighted by molar-refractivity contribution is -0.113. The summed E-state index contributed by atoms with van der Waals surface area (Å²) in [5.74, 6) is -0.262. The number of benzene rings is 1. The largest absolute Gasteiger partial charge is 0.378 e. The van der Waals surface area contributed by atoms with Crippen molar-refractivity contribution in [3.05, 3.63) is 30.1 Å². The van der Waals surface area contributed by atoms with Gasteiger partial charge in [0.15, 0.2) is 6.29 Å². The highest BCUT2D eigenvalue weighted by atomic mass is 19.1. The fourth-order valence-corrected chi connectivity index (χ4v) is 1.70. The van der Waals surface area contributed by atoms with Gasteiger partial charge in [0.2, 0.25) is 0 Å². The number of hydrogen-bond donors (Lipinski definition) is 2. The van der Waals surface area contributed by atoms with Gasteiger partial charge in [0.05, 0.1) is 5.54 Å². The first kappa shape index (κ1) is 14.9. The van der Waals surface area contributed by atoms with Gasteiger partial charge in [-0.3, -0.25) is 0 Å². The highest BCUT2D eigenvalue weighted by molar-refractivity contribution is 5.45. The van der Waals surface area contributed by atoms with E-state index in [1.807, 2.05) is 6.92 Å². The Hall–Kier alpha value is -1.17. The standard InChI is InChI=1S/C13H21FN2O2/c1-13(9-15,8-12(17-2)18-3)16-11-6-4-10(14)5-7-11/h4-7,12,16H,8-9,15H2,1-3H3. The zero-order chi connectivity index (χ0) is 13.6. The Balaban J connectivity index is 2.72. The van der Waals surface area contributed by atoms with Gasteiger partial charge in [0.25, 0.3) is 0 Å². The minimum absolute atomic E-state index is 0.262. The fraction of sp³-hybridized carbons (Fsp3) is 0.538. The summed E-state index contributed by atoms with van der Waals surface area (Å²) in [6, 6.07) is 6.17. The molecule has 1 rings (SSSR count). The molecule has 1 atom stereocenters. The summed E-state index contributed by atoms with van der Waals surface area (Å²) in [5.41, 5.74) is 6.23. The molecule has 0 aromatic heterocycles. The van der Waals surface area contributed by atoms with Crippen molar-refractivity contribution in [1.29, 1.82) is 0 Å². The molecule has 0 fully saturated rings. The van der Waals surface area contributed by atoms with E-state index in [0.717, 1.165) is 5.69 Å². The van der Waals surface area contributed by atoms with Crippen LogP contribution in [0.15, 0.2) is 24.3 Å². The molecule has 0 spiro atoms. The van der Waals surface area contributed by atoms with Gasteiger partial charge < -0.3 is 20.5 Å². The molecule has 102 valence electrons. The molecule has 0 saturated heterocycles. The normalized spacial score (nSPS) is 14.6. The molecule has 0 aliphatic heterocycles. The van der Waals surface area contributed by atoms with Crippen LogP contribution in [-0.2, 0) is 9.47 Å². The Kier molecular flexibility index (Phi) is 5.53. The molecule has 1 aromatic carbocycles. The third-order valence-electron chi connectivity index (χ3n) is 2.88. The van der Waals surface area contributed by atoms with Crippen molar-refractivity contribution in [3.8, 4) is 0 Å². The van der Waals surface area contributed by atoms with Gasteiger partial charge >= 0.3 is 0 Å². The van der Waals surface area contributed by atoms with Crippen LogP contribution in [0.5, 0.6) is 0 Å². The van der Waals surface area contributed by atoms with Crippen molar-refractivity contribution >= 4 is 5.69 Å². The minimum atomic E-state index is -0.380. The van der Waals surface area contributed by atoms with Crippen molar-refractivity contribution in [2.45, 2.75) is 25.2 Å². The predicted molar refractivity (Wildman–Crippen MR) is 69.9 cm³/mol. The van der Waals surface area contributed by atoms with Crippen LogP contribution in [0.3, 0.4) is 0 Å². The van der Waals surface area contributed by atoms with E-state index in [1.165, 1.54) is 12.1 Å². The summed E-state index contributed by atoms with van der Waals surface area (Å²) in [4.78, 5) is 0. The number of anilines is 1. The Morgan fingerprint density at radius 2 is 1.83 bits per heavy atom. The monoisotopic (exact) mass is 256 g/mol. The van der Waals surface area contributed by atoms with Gasteiger partial charge in [-0.25, -0.2) is 4.39 Å². The van der Waals surface area contributed by atoms with Crippen LogP contribution in [0.1, 0.15) is 13.3 Å². The molecule has 5 heteroatoms. The van der Waals surface area contributed by atoms with E-state index in [1.54, 1.807) is 26.4 Å². The van der Waals surface area contributed by atoms with Crippen molar-refractivity contribution in [2.75, 3.05) is 26.1 Å². The molecule has 0 amide bonds. The zero-order valence-corrected chi connectivity index (χ0v) is 11.1. The number of rotatable bonds is 7. The molecule has 0 aliphatic rings. The smallest absolute Gasteiger partial charge is 0.159 e. The van der Waals surface area contributed by atoms with Crippen LogP contribution >= 0.6 is 0 Å². The lowest BCUT2D eigenvalue weighted by atomic mass is 9.97. The maximum absolute atomic E-state index is 12.8. The number of nitrogens with one attached hydrogen (secondary N) is 1. The zero-order valence-electron chi connectivity index (χ0n) is 11.1. The summed E-state index contributed by atoms with van der Waals surface area (Å²) >= 11 is 0. The van der Waals surface area contributed by atoms with Crippen LogP contribution in [-0.4, -0.2) is 32.6 Å². The number of halogens is 1. The van der Waals surface area contributed by atoms with Gasteiger partial charge in [-0.1, -0.05) is 0 Å².